The van der Waals surface area contributed by atoms with Gasteiger partial charge in [0, 0.05) is 23.4 Å². The number of urea groups is 1. The molecule has 1 aliphatic rings. The predicted octanol–water partition coefficient (Wildman–Crippen LogP) is 6.97. The molecule has 0 spiro atoms. The maximum Gasteiger partial charge on any atom is 0.416 e. The van der Waals surface area contributed by atoms with Crippen LogP contribution in [0.2, 0.25) is 0 Å². The number of amides is 3. The van der Waals surface area contributed by atoms with E-state index in [9.17, 15) is 28.0 Å². The molecular weight excluding hydrogens is 519 g/mol. The molecule has 1 fully saturated rings. The van der Waals surface area contributed by atoms with Crippen molar-refractivity contribution in [2.24, 2.45) is 5.92 Å². The van der Waals surface area contributed by atoms with Crippen LogP contribution in [-0.4, -0.2) is 16.9 Å². The molecule has 4 aromatic rings. The number of aromatic nitrogens is 1. The molecule has 1 aliphatic carbocycles. The summed E-state index contributed by atoms with van der Waals surface area (Å²) in [5.74, 6) is 0.503. The second kappa shape index (κ2) is 10.0. The molecule has 8 nitrogen and oxygen atoms in total. The quantitative estimate of drug-likeness (QED) is 0.246. The van der Waals surface area contributed by atoms with Crippen LogP contribution in [0.4, 0.5) is 34.5 Å². The number of carbonyl (C=O) groups is 2. The van der Waals surface area contributed by atoms with Crippen LogP contribution in [0.1, 0.15) is 24.0 Å². The van der Waals surface area contributed by atoms with Gasteiger partial charge in [-0.05, 0) is 55.3 Å². The maximum atomic E-state index is 12.9. The highest BCUT2D eigenvalue weighted by atomic mass is 32.1. The van der Waals surface area contributed by atoms with Crippen molar-refractivity contribution < 1.29 is 27.5 Å². The lowest BCUT2D eigenvalue weighted by Crippen LogP contribution is -2.19. The van der Waals surface area contributed by atoms with Crippen LogP contribution in [-0.2, 0) is 11.0 Å². The molecule has 38 heavy (non-hydrogen) atoms. The van der Waals surface area contributed by atoms with Crippen molar-refractivity contribution in [2.45, 2.75) is 19.0 Å². The number of ether oxygens (including phenoxy) is 1. The third-order valence-corrected chi connectivity index (χ3v) is 6.58. The van der Waals surface area contributed by atoms with Crippen molar-refractivity contribution in [3.05, 3.63) is 71.8 Å². The lowest BCUT2D eigenvalue weighted by Gasteiger charge is -2.12. The second-order valence-corrected chi connectivity index (χ2v) is 9.47. The Morgan fingerprint density at radius 2 is 1.71 bits per heavy atom. The highest BCUT2D eigenvalue weighted by molar-refractivity contribution is 7.22. The van der Waals surface area contributed by atoms with E-state index in [-0.39, 0.29) is 28.8 Å². The molecule has 192 valence electrons. The zero-order chi connectivity index (χ0) is 26.9. The van der Waals surface area contributed by atoms with E-state index in [1.54, 1.807) is 30.3 Å². The Labute approximate surface area is 218 Å². The molecule has 5 rings (SSSR count). The molecule has 3 amide bonds. The summed E-state index contributed by atoms with van der Waals surface area (Å²) in [6, 6.07) is 15.2. The van der Waals surface area contributed by atoms with Gasteiger partial charge in [0.25, 0.3) is 0 Å². The van der Waals surface area contributed by atoms with Crippen LogP contribution >= 0.6 is 11.3 Å². The van der Waals surface area contributed by atoms with E-state index in [1.807, 2.05) is 0 Å². The standard InChI is InChI=1S/C26H18F3N5O3S/c27-26(28,29)15-3-1-4-16(11-15)31-24(36)32-17-5-2-6-18(12-17)37-21-10-9-20-22(19(21)13-30)38-25(33-20)34-23(35)14-7-8-14/h1-6,9-12,14H,7-8H2,(H2,31,32,36)(H,33,34,35). The van der Waals surface area contributed by atoms with Gasteiger partial charge < -0.3 is 20.7 Å². The maximum absolute atomic E-state index is 12.9. The Hall–Kier alpha value is -4.63. The van der Waals surface area contributed by atoms with E-state index in [4.69, 9.17) is 4.74 Å². The lowest BCUT2D eigenvalue weighted by molar-refractivity contribution is -0.137. The first-order chi connectivity index (χ1) is 18.2. The molecule has 0 radical (unpaired) electrons. The van der Waals surface area contributed by atoms with E-state index in [2.05, 4.69) is 27.0 Å². The van der Waals surface area contributed by atoms with Crippen molar-refractivity contribution in [1.82, 2.24) is 4.98 Å². The van der Waals surface area contributed by atoms with Crippen molar-refractivity contribution in [1.29, 1.82) is 5.26 Å². The second-order valence-electron chi connectivity index (χ2n) is 8.47. The Kier molecular flexibility index (Phi) is 6.61. The van der Waals surface area contributed by atoms with Crippen molar-refractivity contribution in [3.8, 4) is 17.6 Å². The highest BCUT2D eigenvalue weighted by Crippen LogP contribution is 2.37. The molecule has 3 aromatic carbocycles. The van der Waals surface area contributed by atoms with Gasteiger partial charge in [-0.15, -0.1) is 0 Å². The average Bonchev–Trinajstić information content (AvgIpc) is 3.64. The number of rotatable bonds is 6. The minimum atomic E-state index is -4.53. The normalized spacial score (nSPS) is 13.0. The smallest absolute Gasteiger partial charge is 0.416 e. The van der Waals surface area contributed by atoms with Gasteiger partial charge in [0.15, 0.2) is 5.13 Å². The van der Waals surface area contributed by atoms with Crippen molar-refractivity contribution in [2.75, 3.05) is 16.0 Å². The van der Waals surface area contributed by atoms with Gasteiger partial charge in [-0.3, -0.25) is 4.79 Å². The van der Waals surface area contributed by atoms with Crippen LogP contribution in [0.3, 0.4) is 0 Å². The Morgan fingerprint density at radius 3 is 2.39 bits per heavy atom. The largest absolute Gasteiger partial charge is 0.456 e. The van der Waals surface area contributed by atoms with Crippen molar-refractivity contribution in [3.63, 3.8) is 0 Å². The van der Waals surface area contributed by atoms with E-state index < -0.39 is 17.8 Å². The minimum absolute atomic E-state index is 0.0179. The van der Waals surface area contributed by atoms with Crippen LogP contribution in [0.15, 0.2) is 60.7 Å². The Morgan fingerprint density at radius 1 is 1.00 bits per heavy atom. The van der Waals surface area contributed by atoms with Gasteiger partial charge in [0.05, 0.1) is 15.8 Å². The molecular formula is C26H18F3N5O3S. The molecule has 1 saturated carbocycles. The number of nitrogens with zero attached hydrogens (tertiary/aromatic N) is 2. The summed E-state index contributed by atoms with van der Waals surface area (Å²) in [6.45, 7) is 0. The van der Waals surface area contributed by atoms with Gasteiger partial charge in [-0.2, -0.15) is 18.4 Å². The monoisotopic (exact) mass is 537 g/mol. The predicted molar refractivity (Wildman–Crippen MR) is 136 cm³/mol. The molecule has 0 aliphatic heterocycles. The van der Waals surface area contributed by atoms with Gasteiger partial charge in [-0.1, -0.05) is 23.5 Å². The molecule has 12 heteroatoms. The van der Waals surface area contributed by atoms with Gasteiger partial charge in [0.1, 0.15) is 23.1 Å². The van der Waals surface area contributed by atoms with E-state index in [1.165, 1.54) is 29.5 Å². The fourth-order valence-corrected chi connectivity index (χ4v) is 4.56. The first-order valence-electron chi connectivity index (χ1n) is 11.4. The molecule has 0 saturated heterocycles. The van der Waals surface area contributed by atoms with E-state index in [0.29, 0.717) is 26.8 Å². The van der Waals surface area contributed by atoms with Crippen LogP contribution in [0.25, 0.3) is 10.2 Å². The van der Waals surface area contributed by atoms with Gasteiger partial charge >= 0.3 is 12.2 Å². The first kappa shape index (κ1) is 25.0. The van der Waals surface area contributed by atoms with E-state index in [0.717, 1.165) is 25.0 Å². The van der Waals surface area contributed by atoms with Crippen molar-refractivity contribution >= 4 is 50.0 Å². The number of benzene rings is 3. The third-order valence-electron chi connectivity index (χ3n) is 5.58. The highest BCUT2D eigenvalue weighted by Gasteiger charge is 2.31. The SMILES string of the molecule is N#Cc1c(Oc2cccc(NC(=O)Nc3cccc(C(F)(F)F)c3)c2)ccc2nc(NC(=O)C3CC3)sc12. The summed E-state index contributed by atoms with van der Waals surface area (Å²) in [6.07, 6.45) is -2.81. The topological polar surface area (TPSA) is 116 Å². The number of fused-ring (bicyclic) bond motifs is 1. The number of alkyl halides is 3. The number of carbonyl (C=O) groups excluding carboxylic acids is 2. The van der Waals surface area contributed by atoms with Crippen LogP contribution in [0.5, 0.6) is 11.5 Å². The zero-order valence-electron chi connectivity index (χ0n) is 19.4. The summed E-state index contributed by atoms with van der Waals surface area (Å²) < 4.78 is 45.2. The van der Waals surface area contributed by atoms with E-state index >= 15 is 0 Å². The van der Waals surface area contributed by atoms with Crippen LogP contribution < -0.4 is 20.7 Å². The summed E-state index contributed by atoms with van der Waals surface area (Å²) in [5.41, 5.74) is 0.205. The molecule has 0 bridgehead atoms. The zero-order valence-corrected chi connectivity index (χ0v) is 20.2. The average molecular weight is 538 g/mol. The number of hydrogen-bond acceptors (Lipinski definition) is 6. The summed E-state index contributed by atoms with van der Waals surface area (Å²) >= 11 is 1.18. The molecule has 3 N–H and O–H groups in total. The molecule has 1 aromatic heterocycles. The Balaban J connectivity index is 1.30. The summed E-state index contributed by atoms with van der Waals surface area (Å²) in [4.78, 5) is 28.8. The first-order valence-corrected chi connectivity index (χ1v) is 12.2. The molecule has 0 unspecified atom stereocenters. The number of halogens is 3. The number of nitrogens with one attached hydrogen (secondary N) is 3. The molecule has 0 atom stereocenters. The summed E-state index contributed by atoms with van der Waals surface area (Å²) in [7, 11) is 0. The minimum Gasteiger partial charge on any atom is -0.456 e. The number of hydrogen-bond donors (Lipinski definition) is 3. The van der Waals surface area contributed by atoms with Gasteiger partial charge in [0.2, 0.25) is 5.91 Å². The number of nitriles is 1. The number of anilines is 3. The fraction of sp³-hybridized carbons (Fsp3) is 0.154. The molecule has 1 heterocycles. The lowest BCUT2D eigenvalue weighted by atomic mass is 10.2. The fourth-order valence-electron chi connectivity index (χ4n) is 3.60. The van der Waals surface area contributed by atoms with Gasteiger partial charge in [-0.25, -0.2) is 9.78 Å². The third kappa shape index (κ3) is 5.68. The Bertz CT molecular complexity index is 1590. The summed E-state index contributed by atoms with van der Waals surface area (Å²) in [5, 5.41) is 17.9. The number of thiazole rings is 1. The van der Waals surface area contributed by atoms with Crippen LogP contribution in [0, 0.1) is 17.2 Å².